The molecule has 0 unspecified atom stereocenters. The van der Waals surface area contributed by atoms with Gasteiger partial charge in [-0.1, -0.05) is 11.8 Å². The fraction of sp³-hybridized carbons (Fsp3) is 0.444. The van der Waals surface area contributed by atoms with Crippen LogP contribution in [0.5, 0.6) is 0 Å². The molecule has 0 fully saturated rings. The molecule has 0 spiro atoms. The molecule has 0 aliphatic heterocycles. The zero-order valence-corrected chi connectivity index (χ0v) is 7.89. The Morgan fingerprint density at radius 3 is 3.08 bits per heavy atom. The molecule has 0 aromatic carbocycles. The maximum atomic E-state index is 10.5. The van der Waals surface area contributed by atoms with Gasteiger partial charge < -0.3 is 4.42 Å². The van der Waals surface area contributed by atoms with Crippen LogP contribution in [0.15, 0.2) is 22.8 Å². The van der Waals surface area contributed by atoms with Gasteiger partial charge in [0.1, 0.15) is 5.76 Å². The second kappa shape index (κ2) is 5.04. The number of thioether (sulfide) groups is 1. The van der Waals surface area contributed by atoms with Gasteiger partial charge in [0.25, 0.3) is 0 Å². The van der Waals surface area contributed by atoms with Crippen LogP contribution in [0.1, 0.15) is 19.1 Å². The predicted octanol–water partition coefficient (Wildman–Crippen LogP) is 2.49. The first kappa shape index (κ1) is 9.39. The Morgan fingerprint density at radius 1 is 1.67 bits per heavy atom. The van der Waals surface area contributed by atoms with Crippen LogP contribution < -0.4 is 0 Å². The highest BCUT2D eigenvalue weighted by molar-refractivity contribution is 8.13. The van der Waals surface area contributed by atoms with Crippen LogP contribution in [0.25, 0.3) is 0 Å². The van der Waals surface area contributed by atoms with Gasteiger partial charge in [-0.2, -0.15) is 0 Å². The normalized spacial score (nSPS) is 10.1. The van der Waals surface area contributed by atoms with Crippen LogP contribution in [-0.4, -0.2) is 10.9 Å². The van der Waals surface area contributed by atoms with Gasteiger partial charge in [-0.15, -0.1) is 0 Å². The number of aryl methyl sites for hydroxylation is 1. The van der Waals surface area contributed by atoms with Crippen molar-refractivity contribution >= 4 is 16.9 Å². The lowest BCUT2D eigenvalue weighted by Gasteiger charge is -1.95. The largest absolute Gasteiger partial charge is 0.469 e. The van der Waals surface area contributed by atoms with E-state index in [1.807, 2.05) is 12.1 Å². The Balaban J connectivity index is 2.07. The summed E-state index contributed by atoms with van der Waals surface area (Å²) in [5.74, 6) is 1.88. The minimum atomic E-state index is 0.189. The molecule has 0 saturated carbocycles. The average Bonchev–Trinajstić information content (AvgIpc) is 2.49. The van der Waals surface area contributed by atoms with Crippen molar-refractivity contribution < 1.29 is 9.21 Å². The summed E-state index contributed by atoms with van der Waals surface area (Å²) < 4.78 is 5.15. The van der Waals surface area contributed by atoms with Gasteiger partial charge in [-0.25, -0.2) is 0 Å². The quantitative estimate of drug-likeness (QED) is 0.673. The highest BCUT2D eigenvalue weighted by atomic mass is 32.2. The number of carbonyl (C=O) groups is 1. The number of hydrogen-bond acceptors (Lipinski definition) is 3. The SMILES string of the molecule is CC(=O)SCCCc1ccco1. The predicted molar refractivity (Wildman–Crippen MR) is 50.2 cm³/mol. The van der Waals surface area contributed by atoms with Crippen molar-refractivity contribution in [3.05, 3.63) is 24.2 Å². The lowest BCUT2D eigenvalue weighted by Crippen LogP contribution is -1.88. The maximum absolute atomic E-state index is 10.5. The van der Waals surface area contributed by atoms with Crippen molar-refractivity contribution in [3.8, 4) is 0 Å². The van der Waals surface area contributed by atoms with Crippen LogP contribution in [0.2, 0.25) is 0 Å². The van der Waals surface area contributed by atoms with Crippen molar-refractivity contribution in [2.45, 2.75) is 19.8 Å². The van der Waals surface area contributed by atoms with Gasteiger partial charge in [0.2, 0.25) is 0 Å². The summed E-state index contributed by atoms with van der Waals surface area (Å²) in [6, 6.07) is 3.84. The number of carbonyl (C=O) groups excluding carboxylic acids is 1. The van der Waals surface area contributed by atoms with E-state index >= 15 is 0 Å². The monoisotopic (exact) mass is 184 g/mol. The Labute approximate surface area is 76.3 Å². The van der Waals surface area contributed by atoms with E-state index in [1.54, 1.807) is 13.2 Å². The summed E-state index contributed by atoms with van der Waals surface area (Å²) in [5.41, 5.74) is 0. The van der Waals surface area contributed by atoms with Gasteiger partial charge in [0.05, 0.1) is 6.26 Å². The first-order valence-electron chi connectivity index (χ1n) is 3.95. The molecule has 2 nitrogen and oxygen atoms in total. The van der Waals surface area contributed by atoms with Crippen molar-refractivity contribution in [2.75, 3.05) is 5.75 Å². The van der Waals surface area contributed by atoms with Crippen molar-refractivity contribution in [1.82, 2.24) is 0 Å². The lowest BCUT2D eigenvalue weighted by atomic mass is 10.3. The third-order valence-corrected chi connectivity index (χ3v) is 2.35. The van der Waals surface area contributed by atoms with Crippen molar-refractivity contribution in [1.29, 1.82) is 0 Å². The van der Waals surface area contributed by atoms with Crippen LogP contribution in [0, 0.1) is 0 Å². The van der Waals surface area contributed by atoms with Gasteiger partial charge in [0.15, 0.2) is 5.12 Å². The van der Waals surface area contributed by atoms with Gasteiger partial charge in [-0.3, -0.25) is 4.79 Å². The summed E-state index contributed by atoms with van der Waals surface area (Å²) >= 11 is 1.37. The molecule has 1 rings (SSSR count). The molecule has 1 aromatic heterocycles. The van der Waals surface area contributed by atoms with E-state index in [4.69, 9.17) is 4.42 Å². The molecule has 12 heavy (non-hydrogen) atoms. The first-order chi connectivity index (χ1) is 5.79. The molecule has 0 aliphatic carbocycles. The van der Waals surface area contributed by atoms with E-state index in [9.17, 15) is 4.79 Å². The molecule has 0 radical (unpaired) electrons. The molecular weight excluding hydrogens is 172 g/mol. The Morgan fingerprint density at radius 2 is 2.50 bits per heavy atom. The zero-order chi connectivity index (χ0) is 8.81. The van der Waals surface area contributed by atoms with E-state index in [2.05, 4.69) is 0 Å². The fourth-order valence-electron chi connectivity index (χ4n) is 0.917. The maximum Gasteiger partial charge on any atom is 0.185 e. The first-order valence-corrected chi connectivity index (χ1v) is 4.93. The molecule has 0 atom stereocenters. The summed E-state index contributed by atoms with van der Waals surface area (Å²) in [5, 5.41) is 0.189. The second-order valence-corrected chi connectivity index (χ2v) is 3.79. The molecule has 0 saturated heterocycles. The average molecular weight is 184 g/mol. The van der Waals surface area contributed by atoms with Crippen LogP contribution in [-0.2, 0) is 11.2 Å². The van der Waals surface area contributed by atoms with Gasteiger partial charge in [-0.05, 0) is 18.6 Å². The number of hydrogen-bond donors (Lipinski definition) is 0. The van der Waals surface area contributed by atoms with E-state index in [0.717, 1.165) is 24.4 Å². The van der Waals surface area contributed by atoms with Crippen LogP contribution in [0.3, 0.4) is 0 Å². The zero-order valence-electron chi connectivity index (χ0n) is 7.08. The fourth-order valence-corrected chi connectivity index (χ4v) is 1.49. The molecular formula is C9H12O2S. The molecule has 1 aromatic rings. The third-order valence-electron chi connectivity index (χ3n) is 1.45. The van der Waals surface area contributed by atoms with Crippen molar-refractivity contribution in [3.63, 3.8) is 0 Å². The number of furan rings is 1. The molecule has 0 bridgehead atoms. The van der Waals surface area contributed by atoms with E-state index in [1.165, 1.54) is 11.8 Å². The Bertz CT molecular complexity index is 229. The van der Waals surface area contributed by atoms with Crippen LogP contribution >= 0.6 is 11.8 Å². The summed E-state index contributed by atoms with van der Waals surface area (Å²) in [6.45, 7) is 1.59. The van der Waals surface area contributed by atoms with E-state index < -0.39 is 0 Å². The molecule has 66 valence electrons. The highest BCUT2D eigenvalue weighted by Gasteiger charge is 1.97. The Hall–Kier alpha value is -0.700. The second-order valence-electron chi connectivity index (χ2n) is 2.52. The molecule has 0 N–H and O–H groups in total. The molecule has 0 aliphatic rings. The number of rotatable bonds is 4. The standard InChI is InChI=1S/C9H12O2S/c1-8(10)12-7-3-5-9-4-2-6-11-9/h2,4,6H,3,5,7H2,1H3. The summed E-state index contributed by atoms with van der Waals surface area (Å²) in [6.07, 6.45) is 3.60. The summed E-state index contributed by atoms with van der Waals surface area (Å²) in [4.78, 5) is 10.5. The third kappa shape index (κ3) is 3.62. The van der Waals surface area contributed by atoms with E-state index in [0.29, 0.717) is 0 Å². The summed E-state index contributed by atoms with van der Waals surface area (Å²) in [7, 11) is 0. The van der Waals surface area contributed by atoms with Gasteiger partial charge in [0, 0.05) is 19.1 Å². The van der Waals surface area contributed by atoms with Gasteiger partial charge >= 0.3 is 0 Å². The topological polar surface area (TPSA) is 30.2 Å². The molecule has 1 heterocycles. The Kier molecular flexibility index (Phi) is 3.94. The van der Waals surface area contributed by atoms with Crippen LogP contribution in [0.4, 0.5) is 0 Å². The minimum absolute atomic E-state index is 0.189. The molecule has 3 heteroatoms. The molecule has 0 amide bonds. The van der Waals surface area contributed by atoms with Crippen molar-refractivity contribution in [2.24, 2.45) is 0 Å². The van der Waals surface area contributed by atoms with E-state index in [-0.39, 0.29) is 5.12 Å². The smallest absolute Gasteiger partial charge is 0.185 e. The lowest BCUT2D eigenvalue weighted by molar-refractivity contribution is -0.109. The minimum Gasteiger partial charge on any atom is -0.469 e. The highest BCUT2D eigenvalue weighted by Crippen LogP contribution is 2.08.